The van der Waals surface area contributed by atoms with Gasteiger partial charge in [0.25, 0.3) is 5.88 Å². The van der Waals surface area contributed by atoms with E-state index in [0.29, 0.717) is 17.0 Å². The van der Waals surface area contributed by atoms with Gasteiger partial charge in [-0.15, -0.1) is 10.2 Å². The summed E-state index contributed by atoms with van der Waals surface area (Å²) in [6, 6.07) is 4.05. The Bertz CT molecular complexity index is 1030. The van der Waals surface area contributed by atoms with Crippen LogP contribution < -0.4 is 4.74 Å². The third-order valence-corrected chi connectivity index (χ3v) is 4.20. The highest BCUT2D eigenvalue weighted by Gasteiger charge is 2.29. The van der Waals surface area contributed by atoms with Crippen molar-refractivity contribution in [2.45, 2.75) is 25.7 Å². The average molecular weight is 381 g/mol. The summed E-state index contributed by atoms with van der Waals surface area (Å²) in [5.74, 6) is -0.638. The fraction of sp³-hybridized carbons (Fsp3) is 0.263. The van der Waals surface area contributed by atoms with E-state index in [9.17, 15) is 9.18 Å². The molecule has 0 unspecified atom stereocenters. The smallest absolute Gasteiger partial charge is 0.362 e. The Kier molecular flexibility index (Phi) is 4.88. The van der Waals surface area contributed by atoms with Crippen molar-refractivity contribution in [1.29, 1.82) is 0 Å². The number of carbonyl (C=O) groups excluding carboxylic acids is 1. The Morgan fingerprint density at radius 3 is 2.86 bits per heavy atom. The summed E-state index contributed by atoms with van der Waals surface area (Å²) in [5.41, 5.74) is 1.86. The van der Waals surface area contributed by atoms with Gasteiger partial charge in [-0.2, -0.15) is 0 Å². The summed E-state index contributed by atoms with van der Waals surface area (Å²) in [5, 5.41) is 7.51. The lowest BCUT2D eigenvalue weighted by atomic mass is 10.0. The number of benzene rings is 1. The second-order valence-electron chi connectivity index (χ2n) is 6.17. The number of nitrogens with zero attached hydrogens (tertiary/aromatic N) is 5. The molecule has 0 amide bonds. The minimum Gasteiger partial charge on any atom is -0.461 e. The maximum absolute atomic E-state index is 14.0. The summed E-state index contributed by atoms with van der Waals surface area (Å²) in [6.45, 7) is 1.86. The van der Waals surface area contributed by atoms with E-state index in [1.54, 1.807) is 13.1 Å². The molecular formula is C19H16FN5O3. The van der Waals surface area contributed by atoms with Gasteiger partial charge < -0.3 is 9.47 Å². The number of hydrogen-bond donors (Lipinski definition) is 0. The monoisotopic (exact) mass is 381 g/mol. The third kappa shape index (κ3) is 3.64. The quantitative estimate of drug-likeness (QED) is 0.600. The van der Waals surface area contributed by atoms with Crippen LogP contribution in [0.4, 0.5) is 4.39 Å². The number of halogens is 1. The molecule has 1 aliphatic rings. The van der Waals surface area contributed by atoms with Gasteiger partial charge in [0.1, 0.15) is 24.2 Å². The summed E-state index contributed by atoms with van der Waals surface area (Å²) < 4.78 is 24.8. The highest BCUT2D eigenvalue weighted by Crippen LogP contribution is 2.45. The maximum atomic E-state index is 14.0. The minimum atomic E-state index is -0.683. The van der Waals surface area contributed by atoms with Crippen LogP contribution in [-0.4, -0.2) is 37.7 Å². The van der Waals surface area contributed by atoms with Crippen molar-refractivity contribution in [3.05, 3.63) is 54.3 Å². The van der Waals surface area contributed by atoms with E-state index in [1.807, 2.05) is 0 Å². The van der Waals surface area contributed by atoms with Crippen molar-refractivity contribution in [3.63, 3.8) is 0 Å². The molecule has 0 atom stereocenters. The number of rotatable bonds is 6. The molecular weight excluding hydrogens is 365 g/mol. The molecule has 0 aliphatic heterocycles. The summed E-state index contributed by atoms with van der Waals surface area (Å²) in [6.07, 6.45) is 6.28. The first kappa shape index (κ1) is 17.9. The fourth-order valence-electron chi connectivity index (χ4n) is 2.81. The molecule has 142 valence electrons. The Hall–Kier alpha value is -3.49. The lowest BCUT2D eigenvalue weighted by Crippen LogP contribution is -2.11. The van der Waals surface area contributed by atoms with Crippen LogP contribution in [0.5, 0.6) is 11.6 Å². The Morgan fingerprint density at radius 2 is 2.07 bits per heavy atom. The Labute approximate surface area is 159 Å². The zero-order chi connectivity index (χ0) is 19.5. The SMILES string of the molecule is CCOC(=O)c1ncnnc1Oc1ccc(F)cc1-c1cncnc1C1CC1. The Balaban J connectivity index is 1.76. The van der Waals surface area contributed by atoms with E-state index >= 15 is 0 Å². The molecule has 1 aliphatic carbocycles. The largest absolute Gasteiger partial charge is 0.461 e. The highest BCUT2D eigenvalue weighted by molar-refractivity contribution is 5.89. The summed E-state index contributed by atoms with van der Waals surface area (Å²) >= 11 is 0. The van der Waals surface area contributed by atoms with Gasteiger partial charge in [0.05, 0.1) is 12.3 Å². The van der Waals surface area contributed by atoms with Crippen LogP contribution in [0.25, 0.3) is 11.1 Å². The predicted octanol–water partition coefficient (Wildman–Crippen LogP) is 3.31. The normalized spacial score (nSPS) is 13.2. The van der Waals surface area contributed by atoms with Crippen LogP contribution >= 0.6 is 0 Å². The van der Waals surface area contributed by atoms with E-state index in [0.717, 1.165) is 24.9 Å². The van der Waals surface area contributed by atoms with Crippen LogP contribution in [0, 0.1) is 5.82 Å². The van der Waals surface area contributed by atoms with E-state index < -0.39 is 11.8 Å². The van der Waals surface area contributed by atoms with Gasteiger partial charge in [-0.1, -0.05) is 0 Å². The summed E-state index contributed by atoms with van der Waals surface area (Å²) in [4.78, 5) is 24.4. The molecule has 1 saturated carbocycles. The van der Waals surface area contributed by atoms with Crippen molar-refractivity contribution in [2.75, 3.05) is 6.61 Å². The molecule has 2 heterocycles. The first-order valence-electron chi connectivity index (χ1n) is 8.79. The molecule has 28 heavy (non-hydrogen) atoms. The van der Waals surface area contributed by atoms with Crippen LogP contribution in [0.1, 0.15) is 41.9 Å². The lowest BCUT2D eigenvalue weighted by molar-refractivity contribution is 0.0514. The lowest BCUT2D eigenvalue weighted by Gasteiger charge is -2.14. The molecule has 0 spiro atoms. The van der Waals surface area contributed by atoms with Crippen molar-refractivity contribution < 1.29 is 18.7 Å². The number of esters is 1. The molecule has 2 aromatic heterocycles. The Morgan fingerprint density at radius 1 is 1.21 bits per heavy atom. The van der Waals surface area contributed by atoms with Gasteiger partial charge in [0, 0.05) is 23.2 Å². The minimum absolute atomic E-state index is 0.112. The first-order chi connectivity index (χ1) is 13.7. The first-order valence-corrected chi connectivity index (χ1v) is 8.79. The van der Waals surface area contributed by atoms with Crippen LogP contribution in [0.3, 0.4) is 0 Å². The zero-order valence-electron chi connectivity index (χ0n) is 15.0. The average Bonchev–Trinajstić information content (AvgIpc) is 3.55. The van der Waals surface area contributed by atoms with Gasteiger partial charge in [-0.3, -0.25) is 0 Å². The topological polar surface area (TPSA) is 100.0 Å². The predicted molar refractivity (Wildman–Crippen MR) is 95.3 cm³/mol. The molecule has 4 rings (SSSR count). The molecule has 1 aromatic carbocycles. The number of aromatic nitrogens is 5. The van der Waals surface area contributed by atoms with Crippen molar-refractivity contribution >= 4 is 5.97 Å². The van der Waals surface area contributed by atoms with E-state index in [-0.39, 0.29) is 23.9 Å². The van der Waals surface area contributed by atoms with E-state index in [4.69, 9.17) is 9.47 Å². The van der Waals surface area contributed by atoms with Gasteiger partial charge in [0.15, 0.2) is 0 Å². The van der Waals surface area contributed by atoms with Crippen LogP contribution in [-0.2, 0) is 4.74 Å². The second kappa shape index (κ2) is 7.63. The number of hydrogen-bond acceptors (Lipinski definition) is 8. The van der Waals surface area contributed by atoms with E-state index in [2.05, 4.69) is 25.1 Å². The number of carbonyl (C=O) groups is 1. The number of ether oxygens (including phenoxy) is 2. The molecule has 1 fully saturated rings. The molecule has 3 aromatic rings. The molecule has 0 saturated heterocycles. The molecule has 0 radical (unpaired) electrons. The maximum Gasteiger partial charge on any atom is 0.362 e. The van der Waals surface area contributed by atoms with Crippen molar-refractivity contribution in [2.24, 2.45) is 0 Å². The summed E-state index contributed by atoms with van der Waals surface area (Å²) in [7, 11) is 0. The highest BCUT2D eigenvalue weighted by atomic mass is 19.1. The molecule has 9 heteroatoms. The van der Waals surface area contributed by atoms with Crippen molar-refractivity contribution in [3.8, 4) is 22.8 Å². The fourth-order valence-corrected chi connectivity index (χ4v) is 2.81. The standard InChI is InChI=1S/C19H16FN5O3/c1-2-27-19(26)17-18(25-24-10-23-17)28-15-6-5-12(20)7-13(15)14-8-21-9-22-16(14)11-3-4-11/h5-11H,2-4H2,1H3. The molecule has 8 nitrogen and oxygen atoms in total. The second-order valence-corrected chi connectivity index (χ2v) is 6.17. The van der Waals surface area contributed by atoms with Gasteiger partial charge >= 0.3 is 5.97 Å². The van der Waals surface area contributed by atoms with Crippen LogP contribution in [0.15, 0.2) is 37.1 Å². The van der Waals surface area contributed by atoms with Gasteiger partial charge in [0.2, 0.25) is 5.69 Å². The molecule has 0 N–H and O–H groups in total. The van der Waals surface area contributed by atoms with Gasteiger partial charge in [-0.25, -0.2) is 24.1 Å². The van der Waals surface area contributed by atoms with Crippen LogP contribution in [0.2, 0.25) is 0 Å². The van der Waals surface area contributed by atoms with Crippen molar-refractivity contribution in [1.82, 2.24) is 25.1 Å². The van der Waals surface area contributed by atoms with Gasteiger partial charge in [-0.05, 0) is 38.0 Å². The third-order valence-electron chi connectivity index (χ3n) is 4.20. The molecule has 0 bridgehead atoms. The zero-order valence-corrected chi connectivity index (χ0v) is 15.0. The van der Waals surface area contributed by atoms with E-state index in [1.165, 1.54) is 24.5 Å².